The van der Waals surface area contributed by atoms with E-state index in [1.165, 1.54) is 4.88 Å². The molecule has 1 unspecified atom stereocenters. The molecule has 1 aliphatic carbocycles. The van der Waals surface area contributed by atoms with Crippen LogP contribution in [0, 0.1) is 12.8 Å². The number of amides is 1. The molecule has 2 heterocycles. The lowest BCUT2D eigenvalue weighted by Gasteiger charge is -2.17. The minimum Gasteiger partial charge on any atom is -0.326 e. The van der Waals surface area contributed by atoms with Gasteiger partial charge in [0.2, 0.25) is 5.91 Å². The third-order valence-corrected chi connectivity index (χ3v) is 6.03. The molecule has 5 nitrogen and oxygen atoms in total. The zero-order valence-electron chi connectivity index (χ0n) is 14.9. The minimum absolute atomic E-state index is 0.0536. The second-order valence-corrected chi connectivity index (χ2v) is 8.22. The Balaban J connectivity index is 1.58. The fourth-order valence-electron chi connectivity index (χ4n) is 3.47. The van der Waals surface area contributed by atoms with E-state index < -0.39 is 0 Å². The van der Waals surface area contributed by atoms with Crippen LogP contribution in [0.1, 0.15) is 35.2 Å². The first kappa shape index (κ1) is 17.0. The van der Waals surface area contributed by atoms with Gasteiger partial charge in [-0.25, -0.2) is 4.98 Å². The maximum atomic E-state index is 12.6. The number of anilines is 1. The average molecular weight is 367 g/mol. The SMILES string of the molecule is Cc1ccc(NC(=O)Cc2nc3sc4c(c3c(=O)[nH]2)CCC(C)C4)cc1. The van der Waals surface area contributed by atoms with E-state index in [0.717, 1.165) is 46.3 Å². The molecule has 0 saturated heterocycles. The van der Waals surface area contributed by atoms with Crippen LogP contribution in [0.3, 0.4) is 0 Å². The van der Waals surface area contributed by atoms with Crippen molar-refractivity contribution < 1.29 is 4.79 Å². The van der Waals surface area contributed by atoms with Crippen molar-refractivity contribution in [2.75, 3.05) is 5.32 Å². The fourth-order valence-corrected chi connectivity index (χ4v) is 4.87. The van der Waals surface area contributed by atoms with Crippen LogP contribution in [-0.4, -0.2) is 15.9 Å². The van der Waals surface area contributed by atoms with E-state index in [9.17, 15) is 9.59 Å². The maximum Gasteiger partial charge on any atom is 0.259 e. The number of aromatic nitrogens is 2. The van der Waals surface area contributed by atoms with E-state index in [4.69, 9.17) is 0 Å². The predicted octanol–water partition coefficient (Wildman–Crippen LogP) is 3.60. The molecule has 1 amide bonds. The molecule has 0 aliphatic heterocycles. The zero-order valence-corrected chi connectivity index (χ0v) is 15.7. The number of nitrogens with zero attached hydrogens (tertiary/aromatic N) is 1. The van der Waals surface area contributed by atoms with Crippen LogP contribution in [0.4, 0.5) is 5.69 Å². The molecular formula is C20H21N3O2S. The summed E-state index contributed by atoms with van der Waals surface area (Å²) in [4.78, 5) is 34.3. The smallest absolute Gasteiger partial charge is 0.259 e. The predicted molar refractivity (Wildman–Crippen MR) is 105 cm³/mol. The second-order valence-electron chi connectivity index (χ2n) is 7.14. The van der Waals surface area contributed by atoms with Gasteiger partial charge in [-0.3, -0.25) is 9.59 Å². The molecule has 1 aromatic carbocycles. The monoisotopic (exact) mass is 367 g/mol. The van der Waals surface area contributed by atoms with Gasteiger partial charge in [0.15, 0.2) is 0 Å². The number of aromatic amines is 1. The summed E-state index contributed by atoms with van der Waals surface area (Å²) in [5.74, 6) is 0.874. The van der Waals surface area contributed by atoms with Gasteiger partial charge in [-0.2, -0.15) is 0 Å². The number of fused-ring (bicyclic) bond motifs is 3. The molecule has 4 rings (SSSR count). The molecule has 2 N–H and O–H groups in total. The molecule has 3 aromatic rings. The van der Waals surface area contributed by atoms with Gasteiger partial charge in [0, 0.05) is 10.6 Å². The standard InChI is InChI=1S/C20H21N3O2S/c1-11-3-6-13(7-4-11)21-17(24)10-16-22-19(25)18-14-8-5-12(2)9-15(14)26-20(18)23-16/h3-4,6-7,12H,5,8-10H2,1-2H3,(H,21,24)(H,22,23,25). The Labute approximate surface area is 155 Å². The number of carbonyl (C=O) groups excluding carboxylic acids is 1. The van der Waals surface area contributed by atoms with Crippen LogP contribution in [0.2, 0.25) is 0 Å². The molecule has 0 spiro atoms. The largest absolute Gasteiger partial charge is 0.326 e. The Morgan fingerprint density at radius 2 is 2.12 bits per heavy atom. The summed E-state index contributed by atoms with van der Waals surface area (Å²) >= 11 is 1.60. The summed E-state index contributed by atoms with van der Waals surface area (Å²) in [6.07, 6.45) is 3.12. The van der Waals surface area contributed by atoms with E-state index in [2.05, 4.69) is 22.2 Å². The van der Waals surface area contributed by atoms with Crippen molar-refractivity contribution in [3.05, 3.63) is 56.4 Å². The van der Waals surface area contributed by atoms with Crippen molar-refractivity contribution in [1.82, 2.24) is 9.97 Å². The first-order valence-corrected chi connectivity index (χ1v) is 9.71. The van der Waals surface area contributed by atoms with Crippen molar-refractivity contribution in [2.45, 2.75) is 39.5 Å². The molecule has 1 aliphatic rings. The van der Waals surface area contributed by atoms with Crippen LogP contribution in [0.5, 0.6) is 0 Å². The van der Waals surface area contributed by atoms with Gasteiger partial charge in [-0.15, -0.1) is 11.3 Å². The molecule has 0 radical (unpaired) electrons. The molecule has 26 heavy (non-hydrogen) atoms. The number of thiophene rings is 1. The van der Waals surface area contributed by atoms with Gasteiger partial charge >= 0.3 is 0 Å². The number of rotatable bonds is 3. The summed E-state index contributed by atoms with van der Waals surface area (Å²) in [7, 11) is 0. The Morgan fingerprint density at radius 3 is 2.88 bits per heavy atom. The highest BCUT2D eigenvalue weighted by Crippen LogP contribution is 2.35. The Morgan fingerprint density at radius 1 is 1.35 bits per heavy atom. The van der Waals surface area contributed by atoms with Crippen LogP contribution in [-0.2, 0) is 24.1 Å². The highest BCUT2D eigenvalue weighted by molar-refractivity contribution is 7.18. The molecule has 1 atom stereocenters. The molecule has 0 saturated carbocycles. The highest BCUT2D eigenvalue weighted by atomic mass is 32.1. The van der Waals surface area contributed by atoms with E-state index in [1.54, 1.807) is 11.3 Å². The van der Waals surface area contributed by atoms with Gasteiger partial charge < -0.3 is 10.3 Å². The molecule has 0 bridgehead atoms. The van der Waals surface area contributed by atoms with Crippen LogP contribution < -0.4 is 10.9 Å². The Bertz CT molecular complexity index is 1030. The normalized spacial score (nSPS) is 16.5. The number of hydrogen-bond acceptors (Lipinski definition) is 4. The second kappa shape index (κ2) is 6.68. The topological polar surface area (TPSA) is 74.8 Å². The summed E-state index contributed by atoms with van der Waals surface area (Å²) in [6, 6.07) is 7.61. The third kappa shape index (κ3) is 3.29. The zero-order chi connectivity index (χ0) is 18.3. The fraction of sp³-hybridized carbons (Fsp3) is 0.350. The number of carbonyl (C=O) groups is 1. The number of hydrogen-bond donors (Lipinski definition) is 2. The molecule has 0 fully saturated rings. The van der Waals surface area contributed by atoms with Gasteiger partial charge in [-0.05, 0) is 49.8 Å². The van der Waals surface area contributed by atoms with Crippen molar-refractivity contribution in [2.24, 2.45) is 5.92 Å². The summed E-state index contributed by atoms with van der Waals surface area (Å²) < 4.78 is 0. The molecule has 6 heteroatoms. The van der Waals surface area contributed by atoms with E-state index in [0.29, 0.717) is 11.7 Å². The van der Waals surface area contributed by atoms with Crippen molar-refractivity contribution in [1.29, 1.82) is 0 Å². The van der Waals surface area contributed by atoms with E-state index in [-0.39, 0.29) is 17.9 Å². The number of nitrogens with one attached hydrogen (secondary N) is 2. The molecule has 2 aromatic heterocycles. The maximum absolute atomic E-state index is 12.6. The lowest BCUT2D eigenvalue weighted by Crippen LogP contribution is -2.20. The third-order valence-electron chi connectivity index (χ3n) is 4.88. The van der Waals surface area contributed by atoms with Gasteiger partial charge in [0.25, 0.3) is 5.56 Å². The molecular weight excluding hydrogens is 346 g/mol. The highest BCUT2D eigenvalue weighted by Gasteiger charge is 2.23. The first-order chi connectivity index (χ1) is 12.5. The van der Waals surface area contributed by atoms with Crippen LogP contribution in [0.25, 0.3) is 10.2 Å². The van der Waals surface area contributed by atoms with Gasteiger partial charge in [-0.1, -0.05) is 24.6 Å². The average Bonchev–Trinajstić information content (AvgIpc) is 2.94. The van der Waals surface area contributed by atoms with Crippen LogP contribution in [0.15, 0.2) is 29.1 Å². The number of H-pyrrole nitrogens is 1. The van der Waals surface area contributed by atoms with Crippen molar-refractivity contribution >= 4 is 33.1 Å². The van der Waals surface area contributed by atoms with Gasteiger partial charge in [0.1, 0.15) is 10.7 Å². The summed E-state index contributed by atoms with van der Waals surface area (Å²) in [5.41, 5.74) is 2.91. The number of aryl methyl sites for hydroxylation is 2. The van der Waals surface area contributed by atoms with Crippen molar-refractivity contribution in [3.8, 4) is 0 Å². The lowest BCUT2D eigenvalue weighted by atomic mass is 9.89. The number of benzene rings is 1. The first-order valence-electron chi connectivity index (χ1n) is 8.89. The van der Waals surface area contributed by atoms with E-state index >= 15 is 0 Å². The quantitative estimate of drug-likeness (QED) is 0.743. The summed E-state index contributed by atoms with van der Waals surface area (Å²) in [5, 5.41) is 3.56. The Kier molecular flexibility index (Phi) is 4.36. The van der Waals surface area contributed by atoms with Gasteiger partial charge in [0.05, 0.1) is 11.8 Å². The summed E-state index contributed by atoms with van der Waals surface area (Å²) in [6.45, 7) is 4.24. The van der Waals surface area contributed by atoms with E-state index in [1.807, 2.05) is 31.2 Å². The molecule has 134 valence electrons. The minimum atomic E-state index is -0.189. The van der Waals surface area contributed by atoms with Crippen LogP contribution >= 0.6 is 11.3 Å². The lowest BCUT2D eigenvalue weighted by molar-refractivity contribution is -0.115. The Hall–Kier alpha value is -2.47. The van der Waals surface area contributed by atoms with Crippen molar-refractivity contribution in [3.63, 3.8) is 0 Å².